The average Bonchev–Trinajstić information content (AvgIpc) is 2.85. The van der Waals surface area contributed by atoms with Crippen molar-refractivity contribution in [2.45, 2.75) is 36.3 Å². The highest BCUT2D eigenvalue weighted by molar-refractivity contribution is 7.89. The molecule has 8 nitrogen and oxygen atoms in total. The summed E-state index contributed by atoms with van der Waals surface area (Å²) in [7, 11) is -2.43. The molecule has 1 aromatic rings. The van der Waals surface area contributed by atoms with Crippen molar-refractivity contribution in [3.63, 3.8) is 0 Å². The summed E-state index contributed by atoms with van der Waals surface area (Å²) in [6, 6.07) is 3.57. The van der Waals surface area contributed by atoms with Crippen molar-refractivity contribution in [3.8, 4) is 0 Å². The van der Waals surface area contributed by atoms with Crippen LogP contribution >= 0.6 is 0 Å². The molecule has 0 bridgehead atoms. The number of methoxy groups -OCH3 is 1. The fraction of sp³-hybridized carbons (Fsp3) is 0.500. The van der Waals surface area contributed by atoms with Crippen LogP contribution in [0, 0.1) is 10.1 Å². The second kappa shape index (κ2) is 5.96. The minimum Gasteiger partial charge on any atom is -0.393 e. The van der Waals surface area contributed by atoms with Crippen LogP contribution in [0.2, 0.25) is 0 Å². The molecule has 2 atom stereocenters. The Labute approximate surface area is 122 Å². The number of nitro benzene ring substituents is 1. The van der Waals surface area contributed by atoms with Crippen LogP contribution in [0.4, 0.5) is 11.4 Å². The fourth-order valence-electron chi connectivity index (χ4n) is 2.50. The van der Waals surface area contributed by atoms with E-state index in [0.717, 1.165) is 6.42 Å². The van der Waals surface area contributed by atoms with Crippen molar-refractivity contribution < 1.29 is 18.1 Å². The van der Waals surface area contributed by atoms with Gasteiger partial charge in [0.2, 0.25) is 10.0 Å². The highest BCUT2D eigenvalue weighted by atomic mass is 32.2. The van der Waals surface area contributed by atoms with E-state index < -0.39 is 25.5 Å². The molecule has 0 spiro atoms. The molecule has 1 saturated carbocycles. The SMILES string of the molecule is COC1CCC(NS(=O)(=O)c2cccc(N)c2[N+](=O)[O-])C1. The van der Waals surface area contributed by atoms with E-state index in [1.807, 2.05) is 0 Å². The first-order valence-corrected chi connectivity index (χ1v) is 7.91. The maximum Gasteiger partial charge on any atom is 0.312 e. The van der Waals surface area contributed by atoms with Gasteiger partial charge in [0.05, 0.1) is 11.0 Å². The number of nitro groups is 1. The van der Waals surface area contributed by atoms with E-state index in [9.17, 15) is 18.5 Å². The predicted octanol–water partition coefficient (Wildman–Crippen LogP) is 1.02. The van der Waals surface area contributed by atoms with Crippen LogP contribution < -0.4 is 10.5 Å². The predicted molar refractivity (Wildman–Crippen MR) is 76.3 cm³/mol. The number of sulfonamides is 1. The third-order valence-corrected chi connectivity index (χ3v) is 5.09. The largest absolute Gasteiger partial charge is 0.393 e. The molecular formula is C12H17N3O5S. The lowest BCUT2D eigenvalue weighted by Crippen LogP contribution is -2.33. The van der Waals surface area contributed by atoms with Gasteiger partial charge in [0, 0.05) is 13.2 Å². The number of nitrogens with two attached hydrogens (primary N) is 1. The Bertz CT molecular complexity index is 646. The van der Waals surface area contributed by atoms with Gasteiger partial charge in [-0.25, -0.2) is 13.1 Å². The highest BCUT2D eigenvalue weighted by Gasteiger charge is 2.33. The molecule has 0 amide bonds. The Kier molecular flexibility index (Phi) is 4.45. The van der Waals surface area contributed by atoms with Gasteiger partial charge in [-0.2, -0.15) is 0 Å². The van der Waals surface area contributed by atoms with E-state index in [-0.39, 0.29) is 17.8 Å². The molecule has 2 rings (SSSR count). The number of nitrogen functional groups attached to an aromatic ring is 1. The lowest BCUT2D eigenvalue weighted by Gasteiger charge is -2.14. The number of nitrogens with one attached hydrogen (secondary N) is 1. The molecule has 1 aliphatic rings. The second-order valence-corrected chi connectivity index (χ2v) is 6.62. The van der Waals surface area contributed by atoms with Crippen molar-refractivity contribution in [1.82, 2.24) is 4.72 Å². The average molecular weight is 315 g/mol. The monoisotopic (exact) mass is 315 g/mol. The number of hydrogen-bond acceptors (Lipinski definition) is 6. The molecule has 21 heavy (non-hydrogen) atoms. The van der Waals surface area contributed by atoms with Gasteiger partial charge in [0.1, 0.15) is 5.69 Å². The van der Waals surface area contributed by atoms with Gasteiger partial charge in [-0.3, -0.25) is 10.1 Å². The number of benzene rings is 1. The molecular weight excluding hydrogens is 298 g/mol. The summed E-state index contributed by atoms with van der Waals surface area (Å²) in [5.74, 6) is 0. The van der Waals surface area contributed by atoms with Crippen molar-refractivity contribution in [3.05, 3.63) is 28.3 Å². The molecule has 116 valence electrons. The van der Waals surface area contributed by atoms with Gasteiger partial charge in [-0.15, -0.1) is 0 Å². The third kappa shape index (κ3) is 3.31. The maximum atomic E-state index is 12.3. The number of rotatable bonds is 5. The lowest BCUT2D eigenvalue weighted by atomic mass is 10.3. The number of anilines is 1. The summed E-state index contributed by atoms with van der Waals surface area (Å²) in [5, 5.41) is 11.0. The molecule has 0 radical (unpaired) electrons. The van der Waals surface area contributed by atoms with Gasteiger partial charge in [0.25, 0.3) is 0 Å². The van der Waals surface area contributed by atoms with Crippen LogP contribution in [-0.2, 0) is 14.8 Å². The van der Waals surface area contributed by atoms with Crippen LogP contribution in [0.3, 0.4) is 0 Å². The molecule has 2 unspecified atom stereocenters. The van der Waals surface area contributed by atoms with Crippen molar-refractivity contribution in [1.29, 1.82) is 0 Å². The van der Waals surface area contributed by atoms with E-state index in [0.29, 0.717) is 12.8 Å². The van der Waals surface area contributed by atoms with E-state index in [1.165, 1.54) is 18.2 Å². The molecule has 0 heterocycles. The number of ether oxygens (including phenoxy) is 1. The Morgan fingerprint density at radius 1 is 1.43 bits per heavy atom. The minimum absolute atomic E-state index is 0.00790. The summed E-state index contributed by atoms with van der Waals surface area (Å²) < 4.78 is 32.4. The molecule has 0 aromatic heterocycles. The van der Waals surface area contributed by atoms with Crippen LogP contribution in [0.1, 0.15) is 19.3 Å². The smallest absolute Gasteiger partial charge is 0.312 e. The van der Waals surface area contributed by atoms with E-state index in [2.05, 4.69) is 4.72 Å². The normalized spacial score (nSPS) is 22.3. The van der Waals surface area contributed by atoms with Crippen LogP contribution in [-0.4, -0.2) is 32.6 Å². The van der Waals surface area contributed by atoms with Gasteiger partial charge >= 0.3 is 5.69 Å². The lowest BCUT2D eigenvalue weighted by molar-refractivity contribution is -0.386. The first-order chi connectivity index (χ1) is 9.85. The summed E-state index contributed by atoms with van der Waals surface area (Å²) in [6.07, 6.45) is 1.94. The van der Waals surface area contributed by atoms with Gasteiger partial charge in [-0.05, 0) is 31.4 Å². The zero-order valence-corrected chi connectivity index (χ0v) is 12.3. The molecule has 3 N–H and O–H groups in total. The zero-order chi connectivity index (χ0) is 15.6. The second-order valence-electron chi connectivity index (χ2n) is 4.94. The number of nitrogens with zero attached hydrogens (tertiary/aromatic N) is 1. The van der Waals surface area contributed by atoms with Crippen LogP contribution in [0.5, 0.6) is 0 Å². The van der Waals surface area contributed by atoms with Crippen molar-refractivity contribution in [2.24, 2.45) is 0 Å². The van der Waals surface area contributed by atoms with Gasteiger partial charge in [-0.1, -0.05) is 6.07 Å². The van der Waals surface area contributed by atoms with Gasteiger partial charge in [0.15, 0.2) is 4.90 Å². The number of para-hydroxylation sites is 1. The molecule has 0 saturated heterocycles. The minimum atomic E-state index is -4.00. The summed E-state index contributed by atoms with van der Waals surface area (Å²) >= 11 is 0. The summed E-state index contributed by atoms with van der Waals surface area (Å²) in [5.41, 5.74) is 4.75. The molecule has 9 heteroatoms. The van der Waals surface area contributed by atoms with Crippen molar-refractivity contribution in [2.75, 3.05) is 12.8 Å². The summed E-state index contributed by atoms with van der Waals surface area (Å²) in [4.78, 5) is 9.85. The van der Waals surface area contributed by atoms with E-state index in [1.54, 1.807) is 7.11 Å². The van der Waals surface area contributed by atoms with Gasteiger partial charge < -0.3 is 10.5 Å². The Hall–Kier alpha value is -1.71. The number of hydrogen-bond donors (Lipinski definition) is 2. The molecule has 0 aliphatic heterocycles. The zero-order valence-electron chi connectivity index (χ0n) is 11.5. The Morgan fingerprint density at radius 3 is 2.71 bits per heavy atom. The topological polar surface area (TPSA) is 125 Å². The quantitative estimate of drug-likeness (QED) is 0.475. The van der Waals surface area contributed by atoms with Crippen LogP contribution in [0.15, 0.2) is 23.1 Å². The van der Waals surface area contributed by atoms with E-state index in [4.69, 9.17) is 10.5 Å². The van der Waals surface area contributed by atoms with E-state index >= 15 is 0 Å². The molecule has 1 aliphatic carbocycles. The first kappa shape index (κ1) is 15.7. The maximum absolute atomic E-state index is 12.3. The molecule has 1 aromatic carbocycles. The Balaban J connectivity index is 2.29. The third-order valence-electron chi connectivity index (χ3n) is 3.54. The van der Waals surface area contributed by atoms with Crippen molar-refractivity contribution >= 4 is 21.4 Å². The molecule has 1 fully saturated rings. The summed E-state index contributed by atoms with van der Waals surface area (Å²) in [6.45, 7) is 0. The Morgan fingerprint density at radius 2 is 2.14 bits per heavy atom. The fourth-order valence-corrected chi connectivity index (χ4v) is 3.98. The first-order valence-electron chi connectivity index (χ1n) is 6.43. The highest BCUT2D eigenvalue weighted by Crippen LogP contribution is 2.31. The standard InChI is InChI=1S/C12H17N3O5S/c1-20-9-6-5-8(7-9)14-21(18,19)11-4-2-3-10(13)12(11)15(16)17/h2-4,8-9,14H,5-7,13H2,1H3. The van der Waals surface area contributed by atoms with Crippen LogP contribution in [0.25, 0.3) is 0 Å².